The monoisotopic (exact) mass is 506 g/mol. The molecule has 35 heavy (non-hydrogen) atoms. The van der Waals surface area contributed by atoms with Crippen molar-refractivity contribution in [3.63, 3.8) is 0 Å². The lowest BCUT2D eigenvalue weighted by molar-refractivity contribution is -0.139. The maximum atomic E-state index is 14.7. The Morgan fingerprint density at radius 2 is 1.66 bits per heavy atom. The van der Waals surface area contributed by atoms with E-state index in [9.17, 15) is 41.0 Å². The van der Waals surface area contributed by atoms with Crippen LogP contribution >= 0.6 is 0 Å². The van der Waals surface area contributed by atoms with E-state index in [1.54, 1.807) is 20.8 Å². The van der Waals surface area contributed by atoms with Gasteiger partial charge in [-0.25, -0.2) is 22.8 Å². The number of halogens is 6. The van der Waals surface area contributed by atoms with Gasteiger partial charge in [-0.05, 0) is 57.4 Å². The van der Waals surface area contributed by atoms with Crippen molar-refractivity contribution < 1.29 is 45.8 Å². The number of alkyl halides is 3. The molecule has 0 aliphatic heterocycles. The number of ether oxygens (including phenoxy) is 1. The molecule has 0 spiro atoms. The zero-order valence-corrected chi connectivity index (χ0v) is 19.2. The standard InChI is InChI=1S/C23H24F6N2O4/c1-11(7-8-30-21(34)35-22(2,3)4)18-16(6-5-14(24)19(18)26)31-17-10-13(23(27,28)29)15(25)9-12(17)20(32)33/h5-6,9-11,31H,7-8H2,1-4H3,(H,30,34)(H,32,33). The molecule has 1 amide bonds. The Labute approximate surface area is 197 Å². The summed E-state index contributed by atoms with van der Waals surface area (Å²) in [5.74, 6) is -6.88. The molecule has 2 aromatic carbocycles. The second kappa shape index (κ2) is 10.4. The Bertz CT molecular complexity index is 1110. The number of amides is 1. The molecule has 0 aliphatic rings. The van der Waals surface area contributed by atoms with E-state index >= 15 is 0 Å². The highest BCUT2D eigenvalue weighted by molar-refractivity contribution is 5.95. The summed E-state index contributed by atoms with van der Waals surface area (Å²) >= 11 is 0. The van der Waals surface area contributed by atoms with Crippen molar-refractivity contribution in [1.29, 1.82) is 0 Å². The predicted molar refractivity (Wildman–Crippen MR) is 115 cm³/mol. The second-order valence-corrected chi connectivity index (χ2v) is 8.75. The van der Waals surface area contributed by atoms with Crippen LogP contribution in [-0.2, 0) is 10.9 Å². The smallest absolute Gasteiger partial charge is 0.419 e. The third-order valence-corrected chi connectivity index (χ3v) is 4.78. The van der Waals surface area contributed by atoms with Crippen LogP contribution in [0, 0.1) is 17.5 Å². The van der Waals surface area contributed by atoms with Crippen LogP contribution < -0.4 is 10.6 Å². The van der Waals surface area contributed by atoms with Gasteiger partial charge in [0.2, 0.25) is 0 Å². The molecular formula is C23H24F6N2O4. The molecule has 3 N–H and O–H groups in total. The van der Waals surface area contributed by atoms with E-state index in [0.29, 0.717) is 6.07 Å². The van der Waals surface area contributed by atoms with E-state index in [1.807, 2.05) is 0 Å². The Balaban J connectivity index is 2.39. The van der Waals surface area contributed by atoms with Crippen molar-refractivity contribution in [2.45, 2.75) is 51.8 Å². The number of hydrogen-bond acceptors (Lipinski definition) is 4. The predicted octanol–water partition coefficient (Wildman–Crippen LogP) is 6.58. The van der Waals surface area contributed by atoms with Crippen LogP contribution in [-0.4, -0.2) is 29.3 Å². The van der Waals surface area contributed by atoms with E-state index in [4.69, 9.17) is 4.74 Å². The number of carboxylic acids is 1. The van der Waals surface area contributed by atoms with Gasteiger partial charge in [0, 0.05) is 17.8 Å². The van der Waals surface area contributed by atoms with Gasteiger partial charge in [0.15, 0.2) is 11.6 Å². The first-order valence-corrected chi connectivity index (χ1v) is 10.4. The van der Waals surface area contributed by atoms with E-state index in [-0.39, 0.29) is 36.3 Å². The Hall–Kier alpha value is -3.44. The first kappa shape index (κ1) is 27.8. The molecule has 2 aromatic rings. The van der Waals surface area contributed by atoms with Crippen molar-refractivity contribution in [2.24, 2.45) is 0 Å². The second-order valence-electron chi connectivity index (χ2n) is 8.75. The largest absolute Gasteiger partial charge is 0.478 e. The molecule has 0 aromatic heterocycles. The van der Waals surface area contributed by atoms with E-state index < -0.39 is 64.0 Å². The quantitative estimate of drug-likeness (QED) is 0.369. The normalized spacial score (nSPS) is 12.7. The van der Waals surface area contributed by atoms with Gasteiger partial charge in [0.05, 0.1) is 16.8 Å². The number of anilines is 2. The summed E-state index contributed by atoms with van der Waals surface area (Å²) < 4.78 is 87.2. The van der Waals surface area contributed by atoms with Gasteiger partial charge in [0.1, 0.15) is 11.4 Å². The van der Waals surface area contributed by atoms with Crippen LogP contribution in [0.25, 0.3) is 0 Å². The van der Waals surface area contributed by atoms with Crippen LogP contribution in [0.2, 0.25) is 0 Å². The Morgan fingerprint density at radius 1 is 1.03 bits per heavy atom. The molecule has 0 bridgehead atoms. The molecule has 0 saturated carbocycles. The SMILES string of the molecule is CC(CCNC(=O)OC(C)(C)C)c1c(Nc2cc(C(F)(F)F)c(F)cc2C(=O)O)ccc(F)c1F. The highest BCUT2D eigenvalue weighted by atomic mass is 19.4. The van der Waals surface area contributed by atoms with Gasteiger partial charge >= 0.3 is 18.2 Å². The van der Waals surface area contributed by atoms with Crippen molar-refractivity contribution in [2.75, 3.05) is 11.9 Å². The average Bonchev–Trinajstić information content (AvgIpc) is 2.69. The first-order valence-electron chi connectivity index (χ1n) is 10.4. The van der Waals surface area contributed by atoms with Crippen molar-refractivity contribution in [1.82, 2.24) is 5.32 Å². The number of carboxylic acid groups (broad SMARTS) is 1. The maximum Gasteiger partial charge on any atom is 0.419 e. The molecule has 1 atom stereocenters. The number of rotatable bonds is 7. The topological polar surface area (TPSA) is 87.7 Å². The summed E-state index contributed by atoms with van der Waals surface area (Å²) in [5, 5.41) is 14.1. The average molecular weight is 506 g/mol. The molecule has 2 rings (SSSR count). The lowest BCUT2D eigenvalue weighted by Gasteiger charge is -2.22. The van der Waals surface area contributed by atoms with Gasteiger partial charge < -0.3 is 20.5 Å². The third kappa shape index (κ3) is 7.27. The summed E-state index contributed by atoms with van der Waals surface area (Å²) in [6.45, 7) is 6.42. The molecule has 0 saturated heterocycles. The Kier molecular flexibility index (Phi) is 8.30. The Morgan fingerprint density at radius 3 is 2.20 bits per heavy atom. The van der Waals surface area contributed by atoms with Crippen LogP contribution in [0.15, 0.2) is 24.3 Å². The minimum absolute atomic E-state index is 0.0133. The zero-order valence-electron chi connectivity index (χ0n) is 19.2. The fraction of sp³-hybridized carbons (Fsp3) is 0.391. The van der Waals surface area contributed by atoms with Crippen molar-refractivity contribution >= 4 is 23.4 Å². The van der Waals surface area contributed by atoms with Crippen LogP contribution in [0.1, 0.15) is 61.5 Å². The van der Waals surface area contributed by atoms with Crippen molar-refractivity contribution in [3.8, 4) is 0 Å². The van der Waals surface area contributed by atoms with E-state index in [0.717, 1.165) is 6.07 Å². The molecule has 12 heteroatoms. The molecule has 0 heterocycles. The molecule has 0 aliphatic carbocycles. The zero-order chi connectivity index (χ0) is 26.7. The number of carbonyl (C=O) groups is 2. The summed E-state index contributed by atoms with van der Waals surface area (Å²) in [4.78, 5) is 23.3. The van der Waals surface area contributed by atoms with Gasteiger partial charge in [-0.2, -0.15) is 13.2 Å². The fourth-order valence-corrected chi connectivity index (χ4v) is 3.22. The minimum Gasteiger partial charge on any atom is -0.478 e. The summed E-state index contributed by atoms with van der Waals surface area (Å²) in [5.41, 5.74) is -4.53. The summed E-state index contributed by atoms with van der Waals surface area (Å²) in [6, 6.07) is 2.18. The molecule has 6 nitrogen and oxygen atoms in total. The van der Waals surface area contributed by atoms with Crippen molar-refractivity contribution in [3.05, 3.63) is 58.4 Å². The highest BCUT2D eigenvalue weighted by Gasteiger charge is 2.36. The van der Waals surface area contributed by atoms with Crippen LogP contribution in [0.3, 0.4) is 0 Å². The number of benzene rings is 2. The van der Waals surface area contributed by atoms with Gasteiger partial charge in [-0.1, -0.05) is 6.92 Å². The first-order chi connectivity index (χ1) is 16.0. The van der Waals surface area contributed by atoms with Gasteiger partial charge in [0.25, 0.3) is 0 Å². The third-order valence-electron chi connectivity index (χ3n) is 4.78. The van der Waals surface area contributed by atoms with Gasteiger partial charge in [-0.3, -0.25) is 0 Å². The lowest BCUT2D eigenvalue weighted by Crippen LogP contribution is -2.33. The van der Waals surface area contributed by atoms with Gasteiger partial charge in [-0.15, -0.1) is 0 Å². The summed E-state index contributed by atoms with van der Waals surface area (Å²) in [7, 11) is 0. The highest BCUT2D eigenvalue weighted by Crippen LogP contribution is 2.38. The minimum atomic E-state index is -5.13. The summed E-state index contributed by atoms with van der Waals surface area (Å²) in [6.07, 6.45) is -5.80. The van der Waals surface area contributed by atoms with E-state index in [2.05, 4.69) is 10.6 Å². The molecule has 0 radical (unpaired) electrons. The lowest BCUT2D eigenvalue weighted by atomic mass is 9.94. The maximum absolute atomic E-state index is 14.7. The molecule has 0 fully saturated rings. The number of carbonyl (C=O) groups excluding carboxylic acids is 1. The molecule has 1 unspecified atom stereocenters. The van der Waals surface area contributed by atoms with Crippen LogP contribution in [0.4, 0.5) is 42.5 Å². The molecular weight excluding hydrogens is 482 g/mol. The molecule has 192 valence electrons. The number of alkyl carbamates (subject to hydrolysis) is 1. The van der Waals surface area contributed by atoms with Crippen LogP contribution in [0.5, 0.6) is 0 Å². The van der Waals surface area contributed by atoms with E-state index in [1.165, 1.54) is 6.92 Å². The number of aromatic carboxylic acids is 1. The number of nitrogens with one attached hydrogen (secondary N) is 2. The number of hydrogen-bond donors (Lipinski definition) is 3. The fourth-order valence-electron chi connectivity index (χ4n) is 3.22.